The molecule has 0 saturated carbocycles. The molecular weight excluding hydrogens is 544 g/mol. The van der Waals surface area contributed by atoms with Crippen LogP contribution in [-0.2, 0) is 14.4 Å². The standard InChI is InChI=1S/C27H23ClN4O4S2/c1-27(2)25(35)29-19-8-4-5-9-21(19)32(27)23(33)15-38-26-30-20(14-17-7-6-12-37-17)24(34)31(26)16-10-11-22(36-3)18(28)13-16/h4-14H,15H2,1-3H3,(H,29,35)/b20-14-. The van der Waals surface area contributed by atoms with Crippen LogP contribution in [0.2, 0.25) is 5.02 Å². The molecule has 1 N–H and O–H groups in total. The van der Waals surface area contributed by atoms with Crippen LogP contribution in [-0.4, -0.2) is 41.3 Å². The molecule has 2 aliphatic rings. The average Bonchev–Trinajstić information content (AvgIpc) is 3.51. The van der Waals surface area contributed by atoms with Crippen molar-refractivity contribution in [1.29, 1.82) is 0 Å². The van der Waals surface area contributed by atoms with Crippen LogP contribution >= 0.6 is 34.7 Å². The van der Waals surface area contributed by atoms with E-state index in [-0.39, 0.29) is 29.2 Å². The number of para-hydroxylation sites is 2. The lowest BCUT2D eigenvalue weighted by atomic mass is 9.96. The number of aliphatic imine (C=N–C) groups is 1. The minimum Gasteiger partial charge on any atom is -0.495 e. The van der Waals surface area contributed by atoms with E-state index in [1.54, 1.807) is 56.3 Å². The Morgan fingerprint density at radius 2 is 1.97 bits per heavy atom. The number of benzene rings is 2. The summed E-state index contributed by atoms with van der Waals surface area (Å²) in [5.74, 6) is -0.483. The summed E-state index contributed by atoms with van der Waals surface area (Å²) in [6, 6.07) is 16.0. The van der Waals surface area contributed by atoms with E-state index in [4.69, 9.17) is 16.3 Å². The Morgan fingerprint density at radius 3 is 2.68 bits per heavy atom. The lowest BCUT2D eigenvalue weighted by Gasteiger charge is -2.42. The number of anilines is 3. The van der Waals surface area contributed by atoms with Gasteiger partial charge in [0.1, 0.15) is 17.0 Å². The zero-order valence-corrected chi connectivity index (χ0v) is 23.1. The van der Waals surface area contributed by atoms with Crippen LogP contribution in [0.3, 0.4) is 0 Å². The molecule has 11 heteroatoms. The van der Waals surface area contributed by atoms with Crippen LogP contribution in [0.1, 0.15) is 18.7 Å². The molecule has 8 nitrogen and oxygen atoms in total. The van der Waals surface area contributed by atoms with Crippen molar-refractivity contribution in [3.8, 4) is 5.75 Å². The van der Waals surface area contributed by atoms with Crippen molar-refractivity contribution >= 4 is 80.7 Å². The number of nitrogens with one attached hydrogen (secondary N) is 1. The molecule has 3 amide bonds. The second-order valence-corrected chi connectivity index (χ2v) is 11.3. The van der Waals surface area contributed by atoms with Crippen molar-refractivity contribution in [2.75, 3.05) is 28.0 Å². The van der Waals surface area contributed by atoms with Gasteiger partial charge in [-0.1, -0.05) is 41.6 Å². The Morgan fingerprint density at radius 1 is 1.18 bits per heavy atom. The van der Waals surface area contributed by atoms with Gasteiger partial charge in [0, 0.05) is 4.88 Å². The van der Waals surface area contributed by atoms with Gasteiger partial charge in [0.15, 0.2) is 5.17 Å². The lowest BCUT2D eigenvalue weighted by Crippen LogP contribution is -2.59. The predicted molar refractivity (Wildman–Crippen MR) is 154 cm³/mol. The number of nitrogens with zero attached hydrogens (tertiary/aromatic N) is 3. The Hall–Kier alpha value is -3.60. The number of halogens is 1. The number of thiophene rings is 1. The Bertz CT molecular complexity index is 1500. The van der Waals surface area contributed by atoms with Crippen molar-refractivity contribution in [3.63, 3.8) is 0 Å². The smallest absolute Gasteiger partial charge is 0.283 e. The van der Waals surface area contributed by atoms with Crippen molar-refractivity contribution in [2.45, 2.75) is 19.4 Å². The molecule has 194 valence electrons. The first-order chi connectivity index (χ1) is 18.2. The quantitative estimate of drug-likeness (QED) is 0.403. The first-order valence-corrected chi connectivity index (χ1v) is 13.8. The van der Waals surface area contributed by atoms with E-state index in [0.29, 0.717) is 33.0 Å². The van der Waals surface area contributed by atoms with Crippen molar-refractivity contribution < 1.29 is 19.1 Å². The first kappa shape index (κ1) is 26.0. The summed E-state index contributed by atoms with van der Waals surface area (Å²) in [5.41, 5.74) is 0.824. The van der Waals surface area contributed by atoms with E-state index in [0.717, 1.165) is 16.6 Å². The van der Waals surface area contributed by atoms with Gasteiger partial charge in [-0.2, -0.15) is 0 Å². The normalized spacial score (nSPS) is 17.4. The Balaban J connectivity index is 1.46. The molecule has 0 radical (unpaired) electrons. The highest BCUT2D eigenvalue weighted by atomic mass is 35.5. The number of hydrogen-bond acceptors (Lipinski definition) is 7. The third-order valence-corrected chi connectivity index (χ3v) is 8.17. The van der Waals surface area contributed by atoms with Gasteiger partial charge in [-0.25, -0.2) is 4.99 Å². The summed E-state index contributed by atoms with van der Waals surface area (Å²) in [4.78, 5) is 48.3. The van der Waals surface area contributed by atoms with Crippen molar-refractivity contribution in [1.82, 2.24) is 0 Å². The van der Waals surface area contributed by atoms with Crippen LogP contribution in [0.4, 0.5) is 17.1 Å². The molecule has 0 atom stereocenters. The van der Waals surface area contributed by atoms with Gasteiger partial charge in [-0.3, -0.25) is 24.2 Å². The van der Waals surface area contributed by atoms with Crippen LogP contribution < -0.4 is 19.9 Å². The number of hydrogen-bond donors (Lipinski definition) is 1. The molecule has 2 aliphatic heterocycles. The number of carbonyl (C=O) groups excluding carboxylic acids is 3. The van der Waals surface area contributed by atoms with E-state index >= 15 is 0 Å². The predicted octanol–water partition coefficient (Wildman–Crippen LogP) is 5.65. The van der Waals surface area contributed by atoms with Gasteiger partial charge in [-0.15, -0.1) is 11.3 Å². The number of rotatable bonds is 5. The molecular formula is C27H23ClN4O4S2. The van der Waals surface area contributed by atoms with Gasteiger partial charge in [0.25, 0.3) is 5.91 Å². The molecule has 3 aromatic rings. The van der Waals surface area contributed by atoms with E-state index in [1.165, 1.54) is 28.2 Å². The molecule has 5 rings (SSSR count). The highest BCUT2D eigenvalue weighted by Crippen LogP contribution is 2.38. The molecule has 0 spiro atoms. The average molecular weight is 567 g/mol. The maximum absolute atomic E-state index is 13.6. The maximum Gasteiger partial charge on any atom is 0.283 e. The van der Waals surface area contributed by atoms with Gasteiger partial charge < -0.3 is 10.1 Å². The topological polar surface area (TPSA) is 91.3 Å². The highest BCUT2D eigenvalue weighted by Gasteiger charge is 2.44. The van der Waals surface area contributed by atoms with Crippen molar-refractivity contribution in [2.24, 2.45) is 4.99 Å². The number of thioether (sulfide) groups is 1. The number of amidine groups is 1. The number of fused-ring (bicyclic) bond motifs is 1. The summed E-state index contributed by atoms with van der Waals surface area (Å²) in [7, 11) is 1.51. The summed E-state index contributed by atoms with van der Waals surface area (Å²) in [6.07, 6.45) is 1.72. The van der Waals surface area contributed by atoms with Gasteiger partial charge in [0.2, 0.25) is 11.8 Å². The summed E-state index contributed by atoms with van der Waals surface area (Å²) < 4.78 is 5.25. The van der Waals surface area contributed by atoms with Crippen LogP contribution in [0.15, 0.2) is 70.7 Å². The molecule has 38 heavy (non-hydrogen) atoms. The van der Waals surface area contributed by atoms with E-state index in [2.05, 4.69) is 10.3 Å². The summed E-state index contributed by atoms with van der Waals surface area (Å²) >= 11 is 8.97. The maximum atomic E-state index is 13.6. The number of ether oxygens (including phenoxy) is 1. The van der Waals surface area contributed by atoms with E-state index < -0.39 is 5.54 Å². The fourth-order valence-electron chi connectivity index (χ4n) is 4.21. The fraction of sp³-hybridized carbons (Fsp3) is 0.185. The molecule has 2 aromatic carbocycles. The van der Waals surface area contributed by atoms with Gasteiger partial charge in [-0.05, 0) is 61.7 Å². The Kier molecular flexibility index (Phi) is 7.04. The molecule has 0 fully saturated rings. The molecule has 0 aliphatic carbocycles. The monoisotopic (exact) mass is 566 g/mol. The molecule has 1 aromatic heterocycles. The number of amides is 3. The number of carbonyl (C=O) groups is 3. The highest BCUT2D eigenvalue weighted by molar-refractivity contribution is 8.14. The van der Waals surface area contributed by atoms with Crippen LogP contribution in [0.5, 0.6) is 5.75 Å². The molecule has 3 heterocycles. The SMILES string of the molecule is COc1ccc(N2C(=O)/C(=C/c3cccs3)N=C2SCC(=O)N2c3ccccc3NC(=O)C2(C)C)cc1Cl. The zero-order chi connectivity index (χ0) is 27.0. The van der Waals surface area contributed by atoms with Crippen LogP contribution in [0.25, 0.3) is 6.08 Å². The minimum absolute atomic E-state index is 0.0518. The van der Waals surface area contributed by atoms with Crippen molar-refractivity contribution in [3.05, 3.63) is 75.6 Å². The van der Waals surface area contributed by atoms with Gasteiger partial charge in [0.05, 0.1) is 34.9 Å². The molecule has 0 unspecified atom stereocenters. The second kappa shape index (κ2) is 10.3. The van der Waals surface area contributed by atoms with E-state index in [9.17, 15) is 14.4 Å². The Labute approximate surface area is 232 Å². The third kappa shape index (κ3) is 4.70. The largest absolute Gasteiger partial charge is 0.495 e. The lowest BCUT2D eigenvalue weighted by molar-refractivity contribution is -0.125. The van der Waals surface area contributed by atoms with Crippen LogP contribution in [0, 0.1) is 0 Å². The fourth-order valence-corrected chi connectivity index (χ4v) is 5.98. The summed E-state index contributed by atoms with van der Waals surface area (Å²) in [5, 5.41) is 5.45. The second-order valence-electron chi connectivity index (χ2n) is 8.95. The van der Waals surface area contributed by atoms with Gasteiger partial charge >= 0.3 is 0 Å². The minimum atomic E-state index is -1.10. The molecule has 0 bridgehead atoms. The molecule has 0 saturated heterocycles. The third-order valence-electron chi connectivity index (χ3n) is 6.13. The zero-order valence-electron chi connectivity index (χ0n) is 20.7. The number of methoxy groups -OCH3 is 1. The summed E-state index contributed by atoms with van der Waals surface area (Å²) in [6.45, 7) is 3.40. The van der Waals surface area contributed by atoms with E-state index in [1.807, 2.05) is 23.6 Å². The first-order valence-electron chi connectivity index (χ1n) is 11.6.